The molecule has 28 heavy (non-hydrogen) atoms. The minimum Gasteiger partial charge on any atom is -0.494 e. The standard InChI is InChI=1S/C24H38O3S/c1-3-5-7-9-11-13-17-26-21-15-16-24-22(19-21)23(20-28(24)25)27-18-14-12-10-8-6-4-2/h15-16,19-20H,3-14,17-18H2,1-2H3. The molecule has 1 aromatic carbocycles. The van der Waals surface area contributed by atoms with Gasteiger partial charge in [-0.15, -0.1) is 0 Å². The third kappa shape index (κ3) is 7.98. The van der Waals surface area contributed by atoms with E-state index in [9.17, 15) is 4.21 Å². The van der Waals surface area contributed by atoms with Crippen molar-refractivity contribution in [1.82, 2.24) is 0 Å². The number of unbranched alkanes of at least 4 members (excludes halogenated alkanes) is 10. The predicted molar refractivity (Wildman–Crippen MR) is 119 cm³/mol. The Morgan fingerprint density at radius 2 is 1.32 bits per heavy atom. The van der Waals surface area contributed by atoms with Gasteiger partial charge in [-0.1, -0.05) is 78.1 Å². The number of benzene rings is 1. The lowest BCUT2D eigenvalue weighted by molar-refractivity contribution is 0.266. The van der Waals surface area contributed by atoms with E-state index in [0.29, 0.717) is 6.61 Å². The number of rotatable bonds is 16. The summed E-state index contributed by atoms with van der Waals surface area (Å²) in [4.78, 5) is 0.838. The largest absolute Gasteiger partial charge is 0.494 e. The molecule has 1 unspecified atom stereocenters. The van der Waals surface area contributed by atoms with Crippen LogP contribution in [0.1, 0.15) is 96.5 Å². The van der Waals surface area contributed by atoms with Crippen LogP contribution in [0.25, 0.3) is 5.76 Å². The van der Waals surface area contributed by atoms with Gasteiger partial charge in [-0.3, -0.25) is 0 Å². The Kier molecular flexibility index (Phi) is 11.3. The third-order valence-corrected chi connectivity index (χ3v) is 6.39. The van der Waals surface area contributed by atoms with E-state index in [1.54, 1.807) is 5.41 Å². The fraction of sp³-hybridized carbons (Fsp3) is 0.667. The second-order valence-corrected chi connectivity index (χ2v) is 8.94. The van der Waals surface area contributed by atoms with Crippen LogP contribution in [0.3, 0.4) is 0 Å². The highest BCUT2D eigenvalue weighted by molar-refractivity contribution is 7.88. The molecule has 1 heterocycles. The van der Waals surface area contributed by atoms with Crippen LogP contribution in [-0.2, 0) is 15.5 Å². The van der Waals surface area contributed by atoms with Crippen LogP contribution < -0.4 is 4.74 Å². The second-order valence-electron chi connectivity index (χ2n) is 7.67. The second kappa shape index (κ2) is 13.8. The van der Waals surface area contributed by atoms with E-state index < -0.39 is 10.8 Å². The van der Waals surface area contributed by atoms with E-state index in [1.807, 2.05) is 18.2 Å². The molecule has 0 N–H and O–H groups in total. The average molecular weight is 407 g/mol. The summed E-state index contributed by atoms with van der Waals surface area (Å²) < 4.78 is 24.2. The lowest BCUT2D eigenvalue weighted by atomic mass is 10.1. The first-order chi connectivity index (χ1) is 13.8. The number of hydrogen-bond acceptors (Lipinski definition) is 3. The van der Waals surface area contributed by atoms with Gasteiger partial charge in [0.2, 0.25) is 0 Å². The molecule has 4 heteroatoms. The molecule has 0 saturated carbocycles. The highest BCUT2D eigenvalue weighted by Crippen LogP contribution is 2.34. The lowest BCUT2D eigenvalue weighted by Crippen LogP contribution is -1.99. The molecule has 1 atom stereocenters. The quantitative estimate of drug-likeness (QED) is 0.272. The zero-order valence-electron chi connectivity index (χ0n) is 17.8. The van der Waals surface area contributed by atoms with Crippen molar-refractivity contribution < 1.29 is 13.7 Å². The third-order valence-electron chi connectivity index (χ3n) is 5.17. The zero-order valence-corrected chi connectivity index (χ0v) is 18.7. The molecule has 158 valence electrons. The molecule has 0 bridgehead atoms. The minimum atomic E-state index is -1.10. The Balaban J connectivity index is 1.74. The van der Waals surface area contributed by atoms with Crippen molar-refractivity contribution >= 4 is 16.6 Å². The van der Waals surface area contributed by atoms with Crippen LogP contribution in [0, 0.1) is 0 Å². The van der Waals surface area contributed by atoms with Crippen molar-refractivity contribution in [3.63, 3.8) is 0 Å². The van der Waals surface area contributed by atoms with Crippen LogP contribution in [0.15, 0.2) is 28.5 Å². The SMILES string of the molecule is CCCCCCCCOC1=CS(=O)c2ccc(OCCCCCCCC)cc21. The number of hydrogen-bond donors (Lipinski definition) is 0. The monoisotopic (exact) mass is 406 g/mol. The Hall–Kier alpha value is -1.29. The number of ether oxygens (including phenoxy) is 2. The van der Waals surface area contributed by atoms with Gasteiger partial charge in [-0.2, -0.15) is 0 Å². The van der Waals surface area contributed by atoms with Gasteiger partial charge in [0.15, 0.2) is 0 Å². The minimum absolute atomic E-state index is 0.692. The molecule has 2 rings (SSSR count). The van der Waals surface area contributed by atoms with E-state index in [0.717, 1.165) is 41.4 Å². The maximum Gasteiger partial charge on any atom is 0.137 e. The molecule has 0 radical (unpaired) electrons. The highest BCUT2D eigenvalue weighted by atomic mass is 32.2. The Bertz CT molecular complexity index is 624. The van der Waals surface area contributed by atoms with E-state index >= 15 is 0 Å². The average Bonchev–Trinajstić information content (AvgIpc) is 3.02. The van der Waals surface area contributed by atoms with Gasteiger partial charge in [0.1, 0.15) is 11.5 Å². The van der Waals surface area contributed by atoms with Gasteiger partial charge in [0, 0.05) is 5.56 Å². The Labute approximate surface area is 174 Å². The summed E-state index contributed by atoms with van der Waals surface area (Å²) in [6.07, 6.45) is 15.0. The molecule has 0 fully saturated rings. The fourth-order valence-electron chi connectivity index (χ4n) is 3.44. The first kappa shape index (κ1) is 23.0. The van der Waals surface area contributed by atoms with Crippen LogP contribution in [0.5, 0.6) is 5.75 Å². The highest BCUT2D eigenvalue weighted by Gasteiger charge is 2.22. The number of fused-ring (bicyclic) bond motifs is 1. The lowest BCUT2D eigenvalue weighted by Gasteiger charge is -2.11. The molecule has 1 aromatic rings. The van der Waals surface area contributed by atoms with Crippen molar-refractivity contribution in [3.8, 4) is 5.75 Å². The van der Waals surface area contributed by atoms with Gasteiger partial charge in [-0.25, -0.2) is 4.21 Å². The summed E-state index contributed by atoms with van der Waals surface area (Å²) in [5.41, 5.74) is 0.935. The van der Waals surface area contributed by atoms with Crippen molar-refractivity contribution in [2.75, 3.05) is 13.2 Å². The van der Waals surface area contributed by atoms with Crippen molar-refractivity contribution in [2.45, 2.75) is 95.8 Å². The summed E-state index contributed by atoms with van der Waals surface area (Å²) in [5, 5.41) is 1.74. The Morgan fingerprint density at radius 1 is 0.750 bits per heavy atom. The van der Waals surface area contributed by atoms with Crippen LogP contribution >= 0.6 is 0 Å². The molecule has 1 aliphatic heterocycles. The molecule has 0 amide bonds. The first-order valence-corrected chi connectivity index (χ1v) is 12.5. The zero-order chi connectivity index (χ0) is 20.0. The van der Waals surface area contributed by atoms with Gasteiger partial charge >= 0.3 is 0 Å². The summed E-state index contributed by atoms with van der Waals surface area (Å²) in [6.45, 7) is 5.91. The van der Waals surface area contributed by atoms with Crippen LogP contribution in [-0.4, -0.2) is 17.4 Å². The maximum atomic E-state index is 12.3. The summed E-state index contributed by atoms with van der Waals surface area (Å²) in [7, 11) is -1.10. The summed E-state index contributed by atoms with van der Waals surface area (Å²) in [5.74, 6) is 1.60. The van der Waals surface area contributed by atoms with Gasteiger partial charge in [0.05, 0.1) is 34.3 Å². The fourth-order valence-corrected chi connectivity index (χ4v) is 4.53. The van der Waals surface area contributed by atoms with Crippen molar-refractivity contribution in [1.29, 1.82) is 0 Å². The van der Waals surface area contributed by atoms with Gasteiger partial charge in [-0.05, 0) is 31.0 Å². The van der Waals surface area contributed by atoms with Crippen LogP contribution in [0.2, 0.25) is 0 Å². The first-order valence-electron chi connectivity index (χ1n) is 11.3. The molecule has 3 nitrogen and oxygen atoms in total. The van der Waals surface area contributed by atoms with Crippen molar-refractivity contribution in [3.05, 3.63) is 29.2 Å². The van der Waals surface area contributed by atoms with Gasteiger partial charge < -0.3 is 9.47 Å². The van der Waals surface area contributed by atoms with E-state index in [1.165, 1.54) is 64.2 Å². The smallest absolute Gasteiger partial charge is 0.137 e. The predicted octanol–water partition coefficient (Wildman–Crippen LogP) is 7.22. The topological polar surface area (TPSA) is 35.5 Å². The molecular formula is C24H38O3S. The molecule has 1 aliphatic rings. The van der Waals surface area contributed by atoms with E-state index in [-0.39, 0.29) is 0 Å². The molecule has 0 aromatic heterocycles. The summed E-state index contributed by atoms with van der Waals surface area (Å²) >= 11 is 0. The maximum absolute atomic E-state index is 12.3. The van der Waals surface area contributed by atoms with Crippen molar-refractivity contribution in [2.24, 2.45) is 0 Å². The van der Waals surface area contributed by atoms with E-state index in [2.05, 4.69) is 13.8 Å². The molecule has 0 spiro atoms. The normalized spacial score (nSPS) is 15.4. The summed E-state index contributed by atoms with van der Waals surface area (Å²) in [6, 6.07) is 5.84. The molecular weight excluding hydrogens is 368 g/mol. The molecule has 0 saturated heterocycles. The van der Waals surface area contributed by atoms with Gasteiger partial charge in [0.25, 0.3) is 0 Å². The van der Waals surface area contributed by atoms with E-state index in [4.69, 9.17) is 9.47 Å². The molecule has 0 aliphatic carbocycles. The Morgan fingerprint density at radius 3 is 1.96 bits per heavy atom. The van der Waals surface area contributed by atoms with Crippen LogP contribution in [0.4, 0.5) is 0 Å².